The zero-order chi connectivity index (χ0) is 20.1. The maximum absolute atomic E-state index is 12.9. The molecule has 0 fully saturated rings. The molecule has 2 aromatic rings. The molecule has 0 aromatic heterocycles. The van der Waals surface area contributed by atoms with Crippen LogP contribution in [-0.2, 0) is 11.3 Å². The summed E-state index contributed by atoms with van der Waals surface area (Å²) < 4.78 is 0. The number of carbonyl (C=O) groups is 2. The van der Waals surface area contributed by atoms with E-state index in [9.17, 15) is 9.59 Å². The van der Waals surface area contributed by atoms with Gasteiger partial charge in [0.25, 0.3) is 5.91 Å². The highest BCUT2D eigenvalue weighted by Crippen LogP contribution is 2.36. The third kappa shape index (κ3) is 5.89. The largest absolute Gasteiger partial charge is 0.352 e. The Kier molecular flexibility index (Phi) is 8.83. The summed E-state index contributed by atoms with van der Waals surface area (Å²) in [5, 5.41) is 3.57. The SMILES string of the molecule is CCCCNC(=O)c1ccc2c(c1)N(Cc1ccc(Cl)cc1)C(=O)[C@@H](N)CS2.Cl. The Labute approximate surface area is 186 Å². The number of amides is 2. The summed E-state index contributed by atoms with van der Waals surface area (Å²) in [5.41, 5.74) is 8.30. The van der Waals surface area contributed by atoms with Gasteiger partial charge in [0, 0.05) is 27.8 Å². The second-order valence-electron chi connectivity index (χ2n) is 6.76. The van der Waals surface area contributed by atoms with Gasteiger partial charge in [-0.2, -0.15) is 0 Å². The topological polar surface area (TPSA) is 75.4 Å². The number of fused-ring (bicyclic) bond motifs is 1. The molecule has 2 amide bonds. The third-order valence-electron chi connectivity index (χ3n) is 4.58. The molecule has 3 rings (SSSR count). The van der Waals surface area contributed by atoms with Gasteiger partial charge in [-0.25, -0.2) is 0 Å². The fraction of sp³-hybridized carbons (Fsp3) is 0.333. The smallest absolute Gasteiger partial charge is 0.251 e. The van der Waals surface area contributed by atoms with Crippen LogP contribution in [0.15, 0.2) is 47.4 Å². The van der Waals surface area contributed by atoms with E-state index in [1.165, 1.54) is 11.8 Å². The van der Waals surface area contributed by atoms with E-state index in [-0.39, 0.29) is 24.2 Å². The Morgan fingerprint density at radius 3 is 2.69 bits per heavy atom. The van der Waals surface area contributed by atoms with Crippen molar-refractivity contribution in [2.24, 2.45) is 5.73 Å². The quantitative estimate of drug-likeness (QED) is 0.640. The van der Waals surface area contributed by atoms with Crippen molar-refractivity contribution in [2.45, 2.75) is 37.2 Å². The van der Waals surface area contributed by atoms with Crippen molar-refractivity contribution >= 4 is 53.3 Å². The van der Waals surface area contributed by atoms with Gasteiger partial charge in [0.2, 0.25) is 5.91 Å². The molecule has 1 aliphatic rings. The van der Waals surface area contributed by atoms with E-state index in [0.717, 1.165) is 29.0 Å². The summed E-state index contributed by atoms with van der Waals surface area (Å²) in [6, 6.07) is 12.3. The number of thioether (sulfide) groups is 1. The fourth-order valence-corrected chi connectivity index (χ4v) is 4.09. The van der Waals surface area contributed by atoms with Crippen molar-refractivity contribution in [3.63, 3.8) is 0 Å². The Bertz CT molecular complexity index is 862. The first-order chi connectivity index (χ1) is 13.5. The molecule has 0 saturated heterocycles. The highest BCUT2D eigenvalue weighted by molar-refractivity contribution is 7.99. The van der Waals surface area contributed by atoms with Crippen LogP contribution in [0.5, 0.6) is 0 Å². The number of nitrogens with zero attached hydrogens (tertiary/aromatic N) is 1. The van der Waals surface area contributed by atoms with Crippen molar-refractivity contribution < 1.29 is 9.59 Å². The second kappa shape index (κ2) is 10.9. The van der Waals surface area contributed by atoms with Crippen molar-refractivity contribution in [1.82, 2.24) is 5.32 Å². The lowest BCUT2D eigenvalue weighted by Crippen LogP contribution is -2.44. The van der Waals surface area contributed by atoms with Gasteiger partial charge in [-0.15, -0.1) is 24.2 Å². The lowest BCUT2D eigenvalue weighted by atomic mass is 10.1. The van der Waals surface area contributed by atoms with Crippen LogP contribution in [0.2, 0.25) is 5.02 Å². The first kappa shape index (κ1) is 23.5. The van der Waals surface area contributed by atoms with E-state index in [2.05, 4.69) is 12.2 Å². The van der Waals surface area contributed by atoms with Gasteiger partial charge in [-0.05, 0) is 42.3 Å². The zero-order valence-corrected chi connectivity index (χ0v) is 18.6. The Balaban J connectivity index is 0.00000300. The number of nitrogens with one attached hydrogen (secondary N) is 1. The molecule has 29 heavy (non-hydrogen) atoms. The van der Waals surface area contributed by atoms with E-state index in [1.807, 2.05) is 18.2 Å². The van der Waals surface area contributed by atoms with E-state index in [4.69, 9.17) is 17.3 Å². The normalized spacial score (nSPS) is 15.9. The molecule has 0 unspecified atom stereocenters. The molecule has 0 radical (unpaired) electrons. The molecule has 0 saturated carbocycles. The second-order valence-corrected chi connectivity index (χ2v) is 8.26. The van der Waals surface area contributed by atoms with Crippen molar-refractivity contribution in [3.8, 4) is 0 Å². The molecule has 5 nitrogen and oxygen atoms in total. The Morgan fingerprint density at radius 2 is 2.00 bits per heavy atom. The monoisotopic (exact) mass is 453 g/mol. The van der Waals surface area contributed by atoms with Crippen molar-refractivity contribution in [1.29, 1.82) is 0 Å². The molecule has 1 heterocycles. The standard InChI is InChI=1S/C21H24ClN3O2S.ClH/c1-2-3-10-24-20(26)15-6-9-19-18(11-15)25(21(27)17(23)13-28-19)12-14-4-7-16(22)8-5-14;/h4-9,11,17H,2-3,10,12-13,23H2,1H3,(H,24,26);1H/t17-;/m0./s1. The summed E-state index contributed by atoms with van der Waals surface area (Å²) in [7, 11) is 0. The predicted molar refractivity (Wildman–Crippen MR) is 122 cm³/mol. The van der Waals surface area contributed by atoms with Crippen LogP contribution in [0.4, 0.5) is 5.69 Å². The molecular formula is C21H25Cl2N3O2S. The number of nitrogens with two attached hydrogens (primary N) is 1. The maximum atomic E-state index is 12.9. The summed E-state index contributed by atoms with van der Waals surface area (Å²) in [6.07, 6.45) is 1.95. The Morgan fingerprint density at radius 1 is 1.28 bits per heavy atom. The van der Waals surface area contributed by atoms with Gasteiger partial charge < -0.3 is 16.0 Å². The van der Waals surface area contributed by atoms with E-state index >= 15 is 0 Å². The molecule has 156 valence electrons. The average Bonchev–Trinajstić information content (AvgIpc) is 2.81. The molecule has 2 aromatic carbocycles. The number of hydrogen-bond donors (Lipinski definition) is 2. The van der Waals surface area contributed by atoms with Crippen LogP contribution >= 0.6 is 35.8 Å². The number of unbranched alkanes of at least 4 members (excludes halogenated alkanes) is 1. The average molecular weight is 454 g/mol. The van der Waals surface area contributed by atoms with Gasteiger partial charge in [0.15, 0.2) is 0 Å². The minimum Gasteiger partial charge on any atom is -0.352 e. The lowest BCUT2D eigenvalue weighted by Gasteiger charge is -2.25. The summed E-state index contributed by atoms with van der Waals surface area (Å²) in [6.45, 7) is 3.09. The number of hydrogen-bond acceptors (Lipinski definition) is 4. The highest BCUT2D eigenvalue weighted by Gasteiger charge is 2.29. The van der Waals surface area contributed by atoms with Crippen LogP contribution in [0.3, 0.4) is 0 Å². The van der Waals surface area contributed by atoms with Gasteiger partial charge in [0.1, 0.15) is 0 Å². The van der Waals surface area contributed by atoms with Gasteiger partial charge in [-0.3, -0.25) is 9.59 Å². The first-order valence-corrected chi connectivity index (χ1v) is 10.7. The first-order valence-electron chi connectivity index (χ1n) is 9.36. The number of benzene rings is 2. The summed E-state index contributed by atoms with van der Waals surface area (Å²) in [4.78, 5) is 28.0. The van der Waals surface area contributed by atoms with Crippen LogP contribution < -0.4 is 16.0 Å². The molecule has 0 bridgehead atoms. The number of rotatable bonds is 6. The van der Waals surface area contributed by atoms with Crippen LogP contribution in [0.25, 0.3) is 0 Å². The highest BCUT2D eigenvalue weighted by atomic mass is 35.5. The molecule has 8 heteroatoms. The predicted octanol–water partition coefficient (Wildman–Crippen LogP) is 4.26. The fourth-order valence-electron chi connectivity index (χ4n) is 2.98. The molecule has 0 spiro atoms. The van der Waals surface area contributed by atoms with Crippen LogP contribution in [-0.4, -0.2) is 30.2 Å². The van der Waals surface area contributed by atoms with Gasteiger partial charge in [0.05, 0.1) is 18.3 Å². The number of carbonyl (C=O) groups excluding carboxylic acids is 2. The summed E-state index contributed by atoms with van der Waals surface area (Å²) >= 11 is 7.51. The van der Waals surface area contributed by atoms with Gasteiger partial charge in [-0.1, -0.05) is 37.1 Å². The molecule has 1 aliphatic heterocycles. The maximum Gasteiger partial charge on any atom is 0.251 e. The molecule has 3 N–H and O–H groups in total. The van der Waals surface area contributed by atoms with Crippen molar-refractivity contribution in [2.75, 3.05) is 17.2 Å². The van der Waals surface area contributed by atoms with E-state index in [1.54, 1.807) is 29.2 Å². The van der Waals surface area contributed by atoms with Crippen LogP contribution in [0, 0.1) is 0 Å². The van der Waals surface area contributed by atoms with Gasteiger partial charge >= 0.3 is 0 Å². The molecular weight excluding hydrogens is 429 g/mol. The van der Waals surface area contributed by atoms with Crippen LogP contribution in [0.1, 0.15) is 35.7 Å². The third-order valence-corrected chi connectivity index (χ3v) is 6.02. The molecule has 0 aliphatic carbocycles. The Hall–Kier alpha value is -1.73. The van der Waals surface area contributed by atoms with Crippen molar-refractivity contribution in [3.05, 3.63) is 58.6 Å². The van der Waals surface area contributed by atoms with E-state index in [0.29, 0.717) is 29.4 Å². The zero-order valence-electron chi connectivity index (χ0n) is 16.2. The lowest BCUT2D eigenvalue weighted by molar-refractivity contribution is -0.119. The molecule has 1 atom stereocenters. The minimum absolute atomic E-state index is 0. The summed E-state index contributed by atoms with van der Waals surface area (Å²) in [5.74, 6) is 0.226. The van der Waals surface area contributed by atoms with E-state index < -0.39 is 6.04 Å². The number of halogens is 2. The minimum atomic E-state index is -0.591. The number of anilines is 1.